The van der Waals surface area contributed by atoms with Gasteiger partial charge in [0.15, 0.2) is 0 Å². The van der Waals surface area contributed by atoms with Crippen LogP contribution in [0.25, 0.3) is 10.9 Å². The smallest absolute Gasteiger partial charge is 0.291 e. The lowest BCUT2D eigenvalue weighted by molar-refractivity contribution is -0.137. The highest BCUT2D eigenvalue weighted by molar-refractivity contribution is 7.99. The molecule has 0 radical (unpaired) electrons. The van der Waals surface area contributed by atoms with E-state index in [0.29, 0.717) is 17.5 Å². The van der Waals surface area contributed by atoms with Crippen LogP contribution in [0.4, 0.5) is 13.2 Å². The predicted molar refractivity (Wildman–Crippen MR) is 96.5 cm³/mol. The first-order valence-electron chi connectivity index (χ1n) is 7.87. The Hall–Kier alpha value is -2.26. The second-order valence-corrected chi connectivity index (χ2v) is 7.50. The Morgan fingerprint density at radius 2 is 2.07 bits per heavy atom. The molecule has 0 fully saturated rings. The van der Waals surface area contributed by atoms with E-state index in [1.807, 2.05) is 0 Å². The number of rotatable bonds is 1. The van der Waals surface area contributed by atoms with E-state index in [2.05, 4.69) is 9.97 Å². The highest BCUT2D eigenvalue weighted by atomic mass is 35.5. The fourth-order valence-electron chi connectivity index (χ4n) is 3.16. The molecule has 140 valence electrons. The van der Waals surface area contributed by atoms with Crippen molar-refractivity contribution in [2.45, 2.75) is 23.5 Å². The fourth-order valence-corrected chi connectivity index (χ4v) is 4.82. The van der Waals surface area contributed by atoms with Crippen LogP contribution in [0.1, 0.15) is 17.2 Å². The molecule has 0 saturated heterocycles. The van der Waals surface area contributed by atoms with Crippen molar-refractivity contribution in [3.63, 3.8) is 0 Å². The number of alkyl halides is 3. The minimum atomic E-state index is -4.72. The molecular weight excluding hydrogens is 403 g/mol. The maximum atomic E-state index is 13.4. The van der Waals surface area contributed by atoms with Gasteiger partial charge in [-0.2, -0.15) is 13.2 Å². The van der Waals surface area contributed by atoms with E-state index in [1.165, 1.54) is 4.57 Å². The zero-order valence-corrected chi connectivity index (χ0v) is 15.1. The zero-order valence-electron chi connectivity index (χ0n) is 13.5. The topological polar surface area (TPSA) is 67.8 Å². The van der Waals surface area contributed by atoms with Crippen LogP contribution in [0.5, 0.6) is 0 Å². The van der Waals surface area contributed by atoms with E-state index in [9.17, 15) is 22.8 Å². The third kappa shape index (κ3) is 3.04. The third-order valence-electron chi connectivity index (χ3n) is 4.42. The van der Waals surface area contributed by atoms with Gasteiger partial charge in [-0.25, -0.2) is 4.79 Å². The number of hydrogen-bond acceptors (Lipinski definition) is 4. The van der Waals surface area contributed by atoms with Gasteiger partial charge in [0.25, 0.3) is 5.56 Å². The molecule has 1 aliphatic rings. The molecule has 4 rings (SSSR count). The number of pyridine rings is 1. The van der Waals surface area contributed by atoms with Crippen LogP contribution in [-0.4, -0.2) is 20.3 Å². The first kappa shape index (κ1) is 18.1. The monoisotopic (exact) mass is 413 g/mol. The summed E-state index contributed by atoms with van der Waals surface area (Å²) in [6.07, 6.45) is -3.11. The lowest BCUT2D eigenvalue weighted by Crippen LogP contribution is -2.32. The van der Waals surface area contributed by atoms with Crippen molar-refractivity contribution in [2.75, 3.05) is 5.75 Å². The number of hydrogen-bond donors (Lipinski definition) is 1. The molecule has 1 N–H and O–H groups in total. The van der Waals surface area contributed by atoms with E-state index >= 15 is 0 Å². The largest absolute Gasteiger partial charge is 0.417 e. The average molecular weight is 414 g/mol. The van der Waals surface area contributed by atoms with E-state index in [0.717, 1.165) is 11.8 Å². The molecule has 0 amide bonds. The van der Waals surface area contributed by atoms with Gasteiger partial charge in [-0.05, 0) is 18.2 Å². The minimum absolute atomic E-state index is 0.0862. The summed E-state index contributed by atoms with van der Waals surface area (Å²) in [5.74, 6) is 0.128. The lowest BCUT2D eigenvalue weighted by atomic mass is 10.1. The number of nitrogens with one attached hydrogen (secondary N) is 1. The quantitative estimate of drug-likeness (QED) is 0.661. The van der Waals surface area contributed by atoms with Gasteiger partial charge in [-0.3, -0.25) is 19.3 Å². The minimum Gasteiger partial charge on any atom is -0.291 e. The van der Waals surface area contributed by atoms with E-state index in [1.54, 1.807) is 24.4 Å². The summed E-state index contributed by atoms with van der Waals surface area (Å²) in [6, 6.07) is 6.04. The van der Waals surface area contributed by atoms with Crippen LogP contribution >= 0.6 is 23.4 Å². The molecule has 3 aromatic rings. The van der Waals surface area contributed by atoms with Gasteiger partial charge in [-0.15, -0.1) is 11.8 Å². The summed E-state index contributed by atoms with van der Waals surface area (Å²) in [5, 5.41) is -0.712. The van der Waals surface area contributed by atoms with Crippen molar-refractivity contribution >= 4 is 34.3 Å². The molecule has 1 aromatic carbocycles. The van der Waals surface area contributed by atoms with Gasteiger partial charge in [0.2, 0.25) is 0 Å². The van der Waals surface area contributed by atoms with Crippen LogP contribution in [0.3, 0.4) is 0 Å². The van der Waals surface area contributed by atoms with Gasteiger partial charge in [-0.1, -0.05) is 17.7 Å². The van der Waals surface area contributed by atoms with Crippen molar-refractivity contribution in [1.82, 2.24) is 14.5 Å². The number of thioether (sulfide) groups is 1. The summed E-state index contributed by atoms with van der Waals surface area (Å²) in [4.78, 5) is 31.1. The third-order valence-corrected chi connectivity index (χ3v) is 6.18. The molecule has 0 saturated carbocycles. The maximum Gasteiger partial charge on any atom is 0.417 e. The molecule has 0 bridgehead atoms. The first-order valence-corrected chi connectivity index (χ1v) is 9.24. The number of aromatic amines is 1. The van der Waals surface area contributed by atoms with Crippen LogP contribution < -0.4 is 11.2 Å². The summed E-state index contributed by atoms with van der Waals surface area (Å²) in [7, 11) is 0. The van der Waals surface area contributed by atoms with Crippen molar-refractivity contribution in [1.29, 1.82) is 0 Å². The maximum absolute atomic E-state index is 13.4. The van der Waals surface area contributed by atoms with Gasteiger partial charge in [0, 0.05) is 30.1 Å². The summed E-state index contributed by atoms with van der Waals surface area (Å²) < 4.78 is 41.4. The molecule has 10 heteroatoms. The highest BCUT2D eigenvalue weighted by Gasteiger charge is 2.37. The van der Waals surface area contributed by atoms with Crippen molar-refractivity contribution in [2.24, 2.45) is 0 Å². The predicted octanol–water partition coefficient (Wildman–Crippen LogP) is 3.65. The van der Waals surface area contributed by atoms with Crippen LogP contribution in [0.15, 0.2) is 44.9 Å². The molecule has 1 atom stereocenters. The Bertz CT molecular complexity index is 1160. The van der Waals surface area contributed by atoms with Crippen molar-refractivity contribution < 1.29 is 13.2 Å². The van der Waals surface area contributed by atoms with Crippen LogP contribution in [0, 0.1) is 0 Å². The Kier molecular flexibility index (Phi) is 4.31. The fraction of sp³-hybridized carbons (Fsp3) is 0.235. The number of H-pyrrole nitrogens is 1. The second-order valence-electron chi connectivity index (χ2n) is 6.09. The second kappa shape index (κ2) is 6.42. The van der Waals surface area contributed by atoms with Crippen LogP contribution in [0.2, 0.25) is 5.02 Å². The molecule has 27 heavy (non-hydrogen) atoms. The number of benzene rings is 1. The zero-order chi connectivity index (χ0) is 19.3. The standard InChI is InChI=1S/C17H11ClF3N3O2S/c18-12-10(17(19,20)21)5-9-13-14(12)27-7-8(11-3-1-2-4-22-11)6-24(13)16(26)23-15(9)25/h1-5,8H,6-7H2,(H,23,25,26). The lowest BCUT2D eigenvalue weighted by Gasteiger charge is -2.16. The van der Waals surface area contributed by atoms with Gasteiger partial charge >= 0.3 is 11.9 Å². The molecule has 2 aromatic heterocycles. The number of aromatic nitrogens is 3. The Labute approximate surface area is 159 Å². The highest BCUT2D eigenvalue weighted by Crippen LogP contribution is 2.45. The molecule has 0 aliphatic carbocycles. The van der Waals surface area contributed by atoms with Gasteiger partial charge < -0.3 is 0 Å². The molecule has 1 unspecified atom stereocenters. The SMILES string of the molecule is O=c1[nH]c(=O)n2c3c(c(Cl)c(C(F)(F)F)cc13)SCC(c1ccccn1)C2. The van der Waals surface area contributed by atoms with Crippen molar-refractivity contribution in [3.8, 4) is 0 Å². The molecule has 0 spiro atoms. The van der Waals surface area contributed by atoms with E-state index in [4.69, 9.17) is 11.6 Å². The van der Waals surface area contributed by atoms with Gasteiger partial charge in [0.05, 0.1) is 26.4 Å². The summed E-state index contributed by atoms with van der Waals surface area (Å²) in [6.45, 7) is 0.171. The van der Waals surface area contributed by atoms with Crippen molar-refractivity contribution in [3.05, 3.63) is 67.6 Å². The van der Waals surface area contributed by atoms with E-state index in [-0.39, 0.29) is 28.3 Å². The Morgan fingerprint density at radius 3 is 2.74 bits per heavy atom. The number of nitrogens with zero attached hydrogens (tertiary/aromatic N) is 2. The average Bonchev–Trinajstić information content (AvgIpc) is 2.82. The first-order chi connectivity index (χ1) is 12.8. The normalized spacial score (nSPS) is 17.1. The van der Waals surface area contributed by atoms with Gasteiger partial charge in [0.1, 0.15) is 0 Å². The van der Waals surface area contributed by atoms with E-state index < -0.39 is 28.0 Å². The van der Waals surface area contributed by atoms with Crippen LogP contribution in [-0.2, 0) is 12.7 Å². The molecular formula is C17H11ClF3N3O2S. The number of halogens is 4. The molecule has 1 aliphatic heterocycles. The molecule has 3 heterocycles. The molecule has 5 nitrogen and oxygen atoms in total. The Balaban J connectivity index is 2.02. The Morgan fingerprint density at radius 1 is 1.30 bits per heavy atom. The summed E-state index contributed by atoms with van der Waals surface area (Å²) in [5.41, 5.74) is -1.81. The summed E-state index contributed by atoms with van der Waals surface area (Å²) >= 11 is 7.16.